The number of fused-ring (bicyclic) bond motifs is 2. The van der Waals surface area contributed by atoms with E-state index >= 15 is 0 Å². The minimum Gasteiger partial charge on any atom is -0.496 e. The van der Waals surface area contributed by atoms with Crippen molar-refractivity contribution >= 4 is 32.8 Å². The maximum Gasteiger partial charge on any atom is 0.336 e. The Hall–Kier alpha value is -3.28. The molecule has 0 bridgehead atoms. The van der Waals surface area contributed by atoms with Crippen LogP contribution in [0.4, 0.5) is 4.39 Å². The van der Waals surface area contributed by atoms with Gasteiger partial charge in [-0.1, -0.05) is 6.08 Å². The number of H-pyrrole nitrogens is 1. The first-order valence-corrected chi connectivity index (χ1v) is 12.6. The van der Waals surface area contributed by atoms with Gasteiger partial charge in [0.25, 0.3) is 0 Å². The number of likely N-dealkylation sites (tertiary alicyclic amines) is 1. The number of halogens is 1. The molecule has 5 rings (SSSR count). The minimum absolute atomic E-state index is 0.178. The van der Waals surface area contributed by atoms with Gasteiger partial charge in [0.15, 0.2) is 0 Å². The summed E-state index contributed by atoms with van der Waals surface area (Å²) in [6.07, 6.45) is 4.62. The van der Waals surface area contributed by atoms with Crippen molar-refractivity contribution in [2.75, 3.05) is 33.9 Å². The SMILES string of the molecule is CNS(=O)(=O)OCC(=O)N1CC2C=C(c3cc4c(-c5cc(F)ccc5OC)ccnc4[nH]3)CC2C1. The number of pyridine rings is 1. The van der Waals surface area contributed by atoms with Crippen molar-refractivity contribution in [3.63, 3.8) is 0 Å². The minimum atomic E-state index is -3.90. The molecule has 1 aromatic carbocycles. The van der Waals surface area contributed by atoms with Crippen LogP contribution in [0.5, 0.6) is 5.75 Å². The number of benzene rings is 1. The number of nitrogens with one attached hydrogen (secondary N) is 2. The molecule has 2 unspecified atom stereocenters. The standard InChI is InChI=1S/C24H25FN4O5S/c1-26-35(31,32)34-13-23(30)29-11-15-7-14(8-16(15)12-29)21-10-20-18(5-6-27-24(20)28-21)19-9-17(25)3-4-22(19)33-2/h3-7,9-10,15-16,26H,8,11-13H2,1-2H3,(H,27,28). The molecular weight excluding hydrogens is 475 g/mol. The van der Waals surface area contributed by atoms with Crippen LogP contribution in [-0.4, -0.2) is 63.0 Å². The number of allylic oxidation sites excluding steroid dienone is 1. The molecule has 1 aliphatic heterocycles. The molecule has 1 saturated heterocycles. The summed E-state index contributed by atoms with van der Waals surface area (Å²) in [6.45, 7) is 0.538. The highest BCUT2D eigenvalue weighted by Crippen LogP contribution is 2.42. The molecule has 2 atom stereocenters. The van der Waals surface area contributed by atoms with Gasteiger partial charge in [0, 0.05) is 43.0 Å². The van der Waals surface area contributed by atoms with Crippen molar-refractivity contribution in [2.45, 2.75) is 6.42 Å². The Morgan fingerprint density at radius 1 is 1.26 bits per heavy atom. The molecule has 3 heterocycles. The summed E-state index contributed by atoms with van der Waals surface area (Å²) in [5, 5.41) is 0.865. The van der Waals surface area contributed by atoms with Crippen LogP contribution in [0.15, 0.2) is 42.6 Å². The van der Waals surface area contributed by atoms with Gasteiger partial charge >= 0.3 is 10.3 Å². The predicted molar refractivity (Wildman–Crippen MR) is 128 cm³/mol. The van der Waals surface area contributed by atoms with E-state index in [0.717, 1.165) is 28.6 Å². The number of hydrogen-bond donors (Lipinski definition) is 2. The van der Waals surface area contributed by atoms with Crippen LogP contribution in [0.3, 0.4) is 0 Å². The molecule has 0 saturated carbocycles. The Labute approximate surface area is 202 Å². The Bertz CT molecular complexity index is 1430. The zero-order valence-electron chi connectivity index (χ0n) is 19.2. The number of carbonyl (C=O) groups is 1. The summed E-state index contributed by atoms with van der Waals surface area (Å²) in [4.78, 5) is 21.9. The Morgan fingerprint density at radius 2 is 2.09 bits per heavy atom. The largest absolute Gasteiger partial charge is 0.496 e. The smallest absolute Gasteiger partial charge is 0.336 e. The molecule has 9 nitrogen and oxygen atoms in total. The van der Waals surface area contributed by atoms with Crippen molar-refractivity contribution in [3.8, 4) is 16.9 Å². The Kier molecular flexibility index (Phi) is 6.07. The fraction of sp³-hybridized carbons (Fsp3) is 0.333. The van der Waals surface area contributed by atoms with E-state index in [1.807, 2.05) is 16.9 Å². The Morgan fingerprint density at radius 3 is 2.83 bits per heavy atom. The molecule has 184 valence electrons. The van der Waals surface area contributed by atoms with Gasteiger partial charge in [0.1, 0.15) is 23.8 Å². The number of aromatic nitrogens is 2. The van der Waals surface area contributed by atoms with Gasteiger partial charge in [0.2, 0.25) is 5.91 Å². The van der Waals surface area contributed by atoms with E-state index in [-0.39, 0.29) is 23.6 Å². The van der Waals surface area contributed by atoms with E-state index in [1.54, 1.807) is 24.3 Å². The second kappa shape index (κ2) is 9.06. The number of amides is 1. The van der Waals surface area contributed by atoms with Gasteiger partial charge in [-0.25, -0.2) is 13.6 Å². The summed E-state index contributed by atoms with van der Waals surface area (Å²) in [6, 6.07) is 8.29. The first kappa shape index (κ1) is 23.5. The molecule has 35 heavy (non-hydrogen) atoms. The molecule has 2 N–H and O–H groups in total. The summed E-state index contributed by atoms with van der Waals surface area (Å²) < 4.78 is 49.0. The number of rotatable bonds is 7. The maximum absolute atomic E-state index is 14.0. The second-order valence-electron chi connectivity index (χ2n) is 8.69. The zero-order chi connectivity index (χ0) is 24.7. The summed E-state index contributed by atoms with van der Waals surface area (Å²) in [7, 11) is -1.12. The number of aromatic amines is 1. The lowest BCUT2D eigenvalue weighted by molar-refractivity contribution is -0.132. The molecule has 1 aliphatic carbocycles. The highest BCUT2D eigenvalue weighted by Gasteiger charge is 2.39. The normalized spacial score (nSPS) is 19.7. The van der Waals surface area contributed by atoms with Gasteiger partial charge in [-0.2, -0.15) is 13.1 Å². The van der Waals surface area contributed by atoms with E-state index < -0.39 is 16.9 Å². The highest BCUT2D eigenvalue weighted by atomic mass is 32.2. The highest BCUT2D eigenvalue weighted by molar-refractivity contribution is 7.84. The van der Waals surface area contributed by atoms with Crippen LogP contribution < -0.4 is 9.46 Å². The zero-order valence-corrected chi connectivity index (χ0v) is 20.1. The van der Waals surface area contributed by atoms with E-state index in [9.17, 15) is 17.6 Å². The molecule has 2 aromatic heterocycles. The average Bonchev–Trinajstić information content (AvgIpc) is 3.55. The Balaban J connectivity index is 1.36. The van der Waals surface area contributed by atoms with Crippen molar-refractivity contribution in [3.05, 3.63) is 54.1 Å². The topological polar surface area (TPSA) is 114 Å². The van der Waals surface area contributed by atoms with Crippen LogP contribution in [0, 0.1) is 17.7 Å². The quantitative estimate of drug-likeness (QED) is 0.516. The second-order valence-corrected chi connectivity index (χ2v) is 10.2. The van der Waals surface area contributed by atoms with Crippen LogP contribution in [0.1, 0.15) is 12.1 Å². The fourth-order valence-corrected chi connectivity index (χ4v) is 5.29. The van der Waals surface area contributed by atoms with Crippen molar-refractivity contribution in [2.24, 2.45) is 11.8 Å². The van der Waals surface area contributed by atoms with Gasteiger partial charge in [-0.15, -0.1) is 0 Å². The van der Waals surface area contributed by atoms with Crippen LogP contribution in [0.2, 0.25) is 0 Å². The summed E-state index contributed by atoms with van der Waals surface area (Å²) >= 11 is 0. The van der Waals surface area contributed by atoms with Gasteiger partial charge < -0.3 is 14.6 Å². The third-order valence-electron chi connectivity index (χ3n) is 6.66. The summed E-state index contributed by atoms with van der Waals surface area (Å²) in [5.74, 6) is 0.305. The van der Waals surface area contributed by atoms with E-state index in [2.05, 4.69) is 20.2 Å². The molecular formula is C24H25FN4O5S. The number of hydrogen-bond acceptors (Lipinski definition) is 6. The number of carbonyl (C=O) groups excluding carboxylic acids is 1. The van der Waals surface area contributed by atoms with E-state index in [0.29, 0.717) is 30.0 Å². The molecule has 1 amide bonds. The fourth-order valence-electron chi connectivity index (χ4n) is 4.92. The lowest BCUT2D eigenvalue weighted by atomic mass is 9.99. The van der Waals surface area contributed by atoms with Crippen molar-refractivity contribution in [1.29, 1.82) is 0 Å². The lowest BCUT2D eigenvalue weighted by Crippen LogP contribution is -2.35. The molecule has 0 radical (unpaired) electrons. The van der Waals surface area contributed by atoms with Gasteiger partial charge in [0.05, 0.1) is 7.11 Å². The third-order valence-corrected chi connectivity index (χ3v) is 7.59. The van der Waals surface area contributed by atoms with Crippen LogP contribution in [-0.2, 0) is 19.3 Å². The van der Waals surface area contributed by atoms with Gasteiger partial charge in [-0.05, 0) is 59.7 Å². The van der Waals surface area contributed by atoms with E-state index in [1.165, 1.54) is 19.2 Å². The molecule has 11 heteroatoms. The number of methoxy groups -OCH3 is 1. The maximum atomic E-state index is 14.0. The van der Waals surface area contributed by atoms with Crippen molar-refractivity contribution < 1.29 is 26.5 Å². The van der Waals surface area contributed by atoms with E-state index in [4.69, 9.17) is 4.74 Å². The number of ether oxygens (including phenoxy) is 1. The van der Waals surface area contributed by atoms with Crippen LogP contribution in [0.25, 0.3) is 27.7 Å². The predicted octanol–water partition coefficient (Wildman–Crippen LogP) is 2.72. The molecule has 1 fully saturated rings. The van der Waals surface area contributed by atoms with Gasteiger partial charge in [-0.3, -0.25) is 4.79 Å². The van der Waals surface area contributed by atoms with Crippen molar-refractivity contribution in [1.82, 2.24) is 19.6 Å². The number of nitrogens with zero attached hydrogens (tertiary/aromatic N) is 2. The van der Waals surface area contributed by atoms with Crippen LogP contribution >= 0.6 is 0 Å². The molecule has 3 aromatic rings. The monoisotopic (exact) mass is 500 g/mol. The third kappa shape index (κ3) is 4.54. The summed E-state index contributed by atoms with van der Waals surface area (Å²) in [5.41, 5.74) is 4.24. The first-order chi connectivity index (χ1) is 16.8. The molecule has 0 spiro atoms. The lowest BCUT2D eigenvalue weighted by Gasteiger charge is -2.17. The molecule has 2 aliphatic rings. The first-order valence-electron chi connectivity index (χ1n) is 11.2. The average molecular weight is 501 g/mol.